The highest BCUT2D eigenvalue weighted by Gasteiger charge is 2.52. The molecule has 0 saturated carbocycles. The Morgan fingerprint density at radius 2 is 0.750 bits per heavy atom. The SMILES string of the molecule is CC1(C)OB(c2ccc(Oc3nccc4occc34)cc2CF)OC1(C)C.Cc1c(-c2ccc(Oc3nccc4occc34)cc2CF)[nH]c(=O)[nH]c1=O.Cc1c(-c2ccc(Oc3nccc4occc34)cc2CF)n([11CH3])c(=O)[nH]c1=O.FCc1cc(Oc2nccc3occc23)ccc1Br.OCc1cc(Oc2nccc3occc23)ccc1Br. The zero-order valence-corrected chi connectivity index (χ0v) is 67.9. The number of H-pyrrole nitrogens is 3. The van der Waals surface area contributed by atoms with E-state index >= 15 is 0 Å². The average molecular weight is 1760 g/mol. The van der Waals surface area contributed by atoms with E-state index in [1.807, 2.05) is 45.9 Å². The largest absolute Gasteiger partial charge is 0.495 e. The summed E-state index contributed by atoms with van der Waals surface area (Å²) in [5.41, 5.74) is 5.28. The molecule has 1 fully saturated rings. The molecular formula is C87H70BBr2F4N9O17. The lowest BCUT2D eigenvalue weighted by atomic mass is 9.76. The molecule has 12 aromatic heterocycles. The number of fused-ring (bicyclic) bond motifs is 5. The van der Waals surface area contributed by atoms with E-state index in [1.165, 1.54) is 36.3 Å². The van der Waals surface area contributed by atoms with Gasteiger partial charge in [0, 0.05) is 74.8 Å². The number of ether oxygens (including phenoxy) is 5. The van der Waals surface area contributed by atoms with Gasteiger partial charge in [0.2, 0.25) is 29.4 Å². The van der Waals surface area contributed by atoms with E-state index in [0.717, 1.165) is 36.3 Å². The standard InChI is InChI=1S/C20H21BFNO4.C20H16FN3O4.C19H14FN3O4.C14H9BrFNO2.C14H10BrNO3/c1-19(2)20(3,4)27-21(26-19)16-6-5-14(11-13(16)12-22)25-18-15-8-10-24-17(15)7-9-23-18;1-11-17(24(2)20(26)23-18(11)25)14-4-3-13(9-12(14)10-21)28-19-15-6-8-27-16(15)5-7-22-19;1-10-16(22-19(25)23-17(10)24)13-3-2-12(8-11(13)9-20)27-18-14-5-7-26-15(14)4-6-21-18;15-12-2-1-10(7-9(12)8-16)19-14-11-4-6-18-13(11)3-5-17-14;15-12-2-1-10(7-9(12)8-17)19-14-11-4-6-18-13(11)3-5-16-14/h5-11H,12H2,1-4H3;3-9H,10H2,1-2H3,(H,23,25,26);2-8H,9H2,1H3,(H2,22,23,24,25);1-7H,8H2;1-7,17H,8H2/i;2-1;;;. The van der Waals surface area contributed by atoms with E-state index in [-0.39, 0.29) is 17.9 Å². The summed E-state index contributed by atoms with van der Waals surface area (Å²) in [6, 6.07) is 42.8. The molecule has 4 N–H and O–H groups in total. The minimum atomic E-state index is -0.801. The van der Waals surface area contributed by atoms with Crippen LogP contribution < -0.4 is 51.6 Å². The number of aromatic nitrogens is 9. The highest BCUT2D eigenvalue weighted by Crippen LogP contribution is 2.41. The smallest absolute Gasteiger partial charge is 0.464 e. The van der Waals surface area contributed by atoms with Crippen LogP contribution in [0.1, 0.15) is 66.6 Å². The summed E-state index contributed by atoms with van der Waals surface area (Å²) in [7, 11) is 0.904. The summed E-state index contributed by atoms with van der Waals surface area (Å²) in [6.07, 6.45) is 15.8. The zero-order valence-electron chi connectivity index (χ0n) is 64.8. The van der Waals surface area contributed by atoms with Crippen molar-refractivity contribution in [1.82, 2.24) is 44.4 Å². The maximum atomic E-state index is 13.8. The molecule has 1 saturated heterocycles. The minimum absolute atomic E-state index is 0.0544. The molecule has 610 valence electrons. The topological polar surface area (TPSA) is 336 Å². The summed E-state index contributed by atoms with van der Waals surface area (Å²) in [4.78, 5) is 75.3. The third-order valence-corrected chi connectivity index (χ3v) is 21.2. The van der Waals surface area contributed by atoms with E-state index < -0.39 is 67.5 Å². The van der Waals surface area contributed by atoms with Crippen molar-refractivity contribution in [2.24, 2.45) is 7.05 Å². The van der Waals surface area contributed by atoms with Crippen molar-refractivity contribution in [3.8, 4) is 80.7 Å². The first-order valence-electron chi connectivity index (χ1n) is 36.7. The number of halogens is 6. The molecule has 0 radical (unpaired) electrons. The molecule has 0 bridgehead atoms. The van der Waals surface area contributed by atoms with Crippen LogP contribution in [0.2, 0.25) is 0 Å². The number of rotatable bonds is 18. The highest BCUT2D eigenvalue weighted by atomic mass is 79.9. The van der Waals surface area contributed by atoms with Gasteiger partial charge >= 0.3 is 18.5 Å². The Morgan fingerprint density at radius 3 is 1.14 bits per heavy atom. The molecule has 1 aliphatic heterocycles. The van der Waals surface area contributed by atoms with Gasteiger partial charge in [-0.2, -0.15) is 0 Å². The Labute approximate surface area is 694 Å². The third-order valence-electron chi connectivity index (χ3n) is 19.6. The molecule has 13 heterocycles. The summed E-state index contributed by atoms with van der Waals surface area (Å²) < 4.78 is 124. The van der Waals surface area contributed by atoms with Gasteiger partial charge in [-0.05, 0) is 215 Å². The molecule has 0 spiro atoms. The molecule has 0 amide bonds. The lowest BCUT2D eigenvalue weighted by molar-refractivity contribution is 0.00578. The van der Waals surface area contributed by atoms with E-state index in [4.69, 9.17) is 55.1 Å². The predicted molar refractivity (Wildman–Crippen MR) is 446 cm³/mol. The molecule has 120 heavy (non-hydrogen) atoms. The molecule has 33 heteroatoms. The number of nitrogens with one attached hydrogen (secondary N) is 3. The molecule has 18 rings (SSSR count). The van der Waals surface area contributed by atoms with Crippen molar-refractivity contribution in [1.29, 1.82) is 0 Å². The number of nitrogens with zero attached hydrogens (tertiary/aromatic N) is 6. The first-order valence-corrected chi connectivity index (χ1v) is 38.3. The number of benzene rings is 5. The van der Waals surface area contributed by atoms with E-state index in [9.17, 15) is 41.8 Å². The number of hydrogen-bond donors (Lipinski definition) is 4. The van der Waals surface area contributed by atoms with Crippen molar-refractivity contribution in [2.45, 2.75) is 86.0 Å². The van der Waals surface area contributed by atoms with Gasteiger partial charge in [-0.25, -0.2) is 52.1 Å². The number of aliphatic hydroxyl groups excluding tert-OH is 1. The Hall–Kier alpha value is -13.5. The quantitative estimate of drug-likeness (QED) is 0.0458. The second-order valence-electron chi connectivity index (χ2n) is 27.7. The van der Waals surface area contributed by atoms with Crippen molar-refractivity contribution >= 4 is 99.3 Å². The normalized spacial score (nSPS) is 12.6. The molecule has 1 aliphatic rings. The van der Waals surface area contributed by atoms with Crippen LogP contribution in [-0.4, -0.2) is 67.9 Å². The minimum Gasteiger partial charge on any atom is -0.464 e. The molecule has 0 aliphatic carbocycles. The van der Waals surface area contributed by atoms with Gasteiger partial charge in [-0.1, -0.05) is 37.9 Å². The maximum absolute atomic E-state index is 13.8. The fraction of sp³-hybridized carbons (Fsp3) is 0.161. The molecule has 5 aromatic carbocycles. The van der Waals surface area contributed by atoms with Crippen LogP contribution in [0, 0.1) is 13.8 Å². The van der Waals surface area contributed by atoms with Crippen LogP contribution in [0.3, 0.4) is 0 Å². The Bertz CT molecular complexity index is 6680. The van der Waals surface area contributed by atoms with Crippen molar-refractivity contribution in [2.75, 3.05) is 0 Å². The number of hydrogen-bond acceptors (Lipinski definition) is 22. The number of aromatic amines is 3. The fourth-order valence-corrected chi connectivity index (χ4v) is 13.3. The van der Waals surface area contributed by atoms with Gasteiger partial charge < -0.3 is 65.2 Å². The van der Waals surface area contributed by atoms with Crippen LogP contribution in [0.25, 0.3) is 77.4 Å². The highest BCUT2D eigenvalue weighted by molar-refractivity contribution is 9.10. The number of furan rings is 5. The van der Waals surface area contributed by atoms with Crippen LogP contribution in [0.5, 0.6) is 58.1 Å². The first kappa shape index (κ1) is 83.0. The van der Waals surface area contributed by atoms with Crippen molar-refractivity contribution in [3.05, 3.63) is 304 Å². The third kappa shape index (κ3) is 18.1. The summed E-state index contributed by atoms with van der Waals surface area (Å²) in [5.74, 6) is 4.41. The van der Waals surface area contributed by atoms with Gasteiger partial charge in [-0.15, -0.1) is 0 Å². The number of pyridine rings is 5. The van der Waals surface area contributed by atoms with Crippen LogP contribution in [0.4, 0.5) is 17.6 Å². The molecule has 17 aromatic rings. The van der Waals surface area contributed by atoms with Gasteiger partial charge in [0.05, 0.1) is 87.4 Å². The van der Waals surface area contributed by atoms with Crippen LogP contribution in [0.15, 0.2) is 264 Å². The Kier molecular flexibility index (Phi) is 25.0. The molecular weight excluding hydrogens is 1690 g/mol. The van der Waals surface area contributed by atoms with Crippen LogP contribution >= 0.6 is 31.9 Å². The van der Waals surface area contributed by atoms with Gasteiger partial charge in [0.1, 0.15) is 83.4 Å². The lowest BCUT2D eigenvalue weighted by Crippen LogP contribution is -2.41. The van der Waals surface area contributed by atoms with Gasteiger partial charge in [-0.3, -0.25) is 24.1 Å². The Morgan fingerprint density at radius 1 is 0.417 bits per heavy atom. The summed E-state index contributed by atoms with van der Waals surface area (Å²) >= 11 is 6.65. The summed E-state index contributed by atoms with van der Waals surface area (Å²) in [6.45, 7) is 8.16. The van der Waals surface area contributed by atoms with E-state index in [2.05, 4.69) is 71.7 Å². The summed E-state index contributed by atoms with van der Waals surface area (Å²) in [5, 5.41) is 13.0. The molecule has 0 unspecified atom stereocenters. The zero-order chi connectivity index (χ0) is 84.5. The van der Waals surface area contributed by atoms with Crippen molar-refractivity contribution in [3.63, 3.8) is 0 Å². The second kappa shape index (κ2) is 36.2. The monoisotopic (exact) mass is 1760 g/mol. The Balaban J connectivity index is 0.000000124. The molecule has 26 nitrogen and oxygen atoms in total. The van der Waals surface area contributed by atoms with E-state index in [1.54, 1.807) is 185 Å². The lowest BCUT2D eigenvalue weighted by Gasteiger charge is -2.32. The number of alkyl halides is 4. The second-order valence-corrected chi connectivity index (χ2v) is 29.4. The van der Waals surface area contributed by atoms with Crippen molar-refractivity contribution < 1.29 is 77.7 Å². The average Bonchev–Trinajstić information content (AvgIpc) is 1.47. The fourth-order valence-electron chi connectivity index (χ4n) is 12.6. The first-order chi connectivity index (χ1) is 57.9. The van der Waals surface area contributed by atoms with Gasteiger partial charge in [0.15, 0.2) is 0 Å². The van der Waals surface area contributed by atoms with Crippen LogP contribution in [-0.2, 0) is 49.7 Å². The maximum Gasteiger partial charge on any atom is 0.495 e. The van der Waals surface area contributed by atoms with Gasteiger partial charge in [0.25, 0.3) is 11.1 Å². The predicted octanol–water partition coefficient (Wildman–Crippen LogP) is 20.0. The van der Waals surface area contributed by atoms with E-state index in [0.29, 0.717) is 141 Å². The molecule has 0 atom stereocenters. The number of aliphatic hydroxyl groups is 1.